The molecule has 1 aromatic heterocycles. The molecule has 0 aliphatic carbocycles. The molecule has 0 saturated heterocycles. The molecule has 1 unspecified atom stereocenters. The lowest BCUT2D eigenvalue weighted by molar-refractivity contribution is 0.0263. The predicted molar refractivity (Wildman–Crippen MR) is 49.9 cm³/mol. The zero-order chi connectivity index (χ0) is 9.52. The minimum absolute atomic E-state index is 0.116. The molecule has 0 aliphatic rings. The molecule has 0 bridgehead atoms. The van der Waals surface area contributed by atoms with Crippen LogP contribution in [0.1, 0.15) is 20.3 Å². The molecule has 3 heteroatoms. The maximum absolute atomic E-state index is 5.42. The summed E-state index contributed by atoms with van der Waals surface area (Å²) in [5.74, 6) is 0.548. The van der Waals surface area contributed by atoms with Gasteiger partial charge >= 0.3 is 0 Å². The minimum Gasteiger partial charge on any atom is -0.462 e. The van der Waals surface area contributed by atoms with Gasteiger partial charge in [-0.05, 0) is 19.4 Å². The molecule has 0 aromatic carbocycles. The molecular weight excluding hydrogens is 168 g/mol. The monoisotopic (exact) mass is 184 g/mol. The SMILES string of the molecule is CCCOC(C)COc1ccco1. The second kappa shape index (κ2) is 5.65. The molecule has 1 atom stereocenters. The molecule has 0 amide bonds. The van der Waals surface area contributed by atoms with Crippen LogP contribution in [0.25, 0.3) is 0 Å². The highest BCUT2D eigenvalue weighted by molar-refractivity contribution is 5.03. The molecule has 13 heavy (non-hydrogen) atoms. The van der Waals surface area contributed by atoms with Gasteiger partial charge in [0.25, 0.3) is 5.95 Å². The van der Waals surface area contributed by atoms with Crippen molar-refractivity contribution in [2.75, 3.05) is 13.2 Å². The lowest BCUT2D eigenvalue weighted by atomic mass is 10.4. The van der Waals surface area contributed by atoms with Crippen molar-refractivity contribution < 1.29 is 13.9 Å². The van der Waals surface area contributed by atoms with Crippen molar-refractivity contribution >= 4 is 0 Å². The first-order valence-corrected chi connectivity index (χ1v) is 4.61. The summed E-state index contributed by atoms with van der Waals surface area (Å²) in [6.45, 7) is 5.38. The summed E-state index contributed by atoms with van der Waals surface area (Å²) in [5, 5.41) is 0. The summed E-state index contributed by atoms with van der Waals surface area (Å²) in [6.07, 6.45) is 2.74. The van der Waals surface area contributed by atoms with Crippen LogP contribution in [0.5, 0.6) is 5.95 Å². The van der Waals surface area contributed by atoms with Crippen molar-refractivity contribution in [3.8, 4) is 5.95 Å². The van der Waals surface area contributed by atoms with Gasteiger partial charge in [0.1, 0.15) is 6.61 Å². The number of hydrogen-bond donors (Lipinski definition) is 0. The predicted octanol–water partition coefficient (Wildman–Crippen LogP) is 2.47. The Morgan fingerprint density at radius 2 is 2.38 bits per heavy atom. The molecule has 1 aromatic rings. The molecule has 1 rings (SSSR count). The van der Waals surface area contributed by atoms with Crippen molar-refractivity contribution in [3.05, 3.63) is 18.4 Å². The van der Waals surface area contributed by atoms with Gasteiger partial charge in [-0.25, -0.2) is 0 Å². The standard InChI is InChI=1S/C10H16O3/c1-3-6-11-9(2)8-13-10-5-4-7-12-10/h4-5,7,9H,3,6,8H2,1-2H3. The van der Waals surface area contributed by atoms with Crippen LogP contribution in [0.3, 0.4) is 0 Å². The van der Waals surface area contributed by atoms with Gasteiger partial charge < -0.3 is 13.9 Å². The van der Waals surface area contributed by atoms with Crippen molar-refractivity contribution in [2.45, 2.75) is 26.4 Å². The Morgan fingerprint density at radius 3 is 3.00 bits per heavy atom. The average Bonchev–Trinajstić information content (AvgIpc) is 2.64. The van der Waals surface area contributed by atoms with Gasteiger partial charge in [0.05, 0.1) is 12.4 Å². The Kier molecular flexibility index (Phi) is 4.40. The van der Waals surface area contributed by atoms with Crippen molar-refractivity contribution in [1.29, 1.82) is 0 Å². The van der Waals surface area contributed by atoms with Gasteiger partial charge in [-0.2, -0.15) is 0 Å². The highest BCUT2D eigenvalue weighted by Crippen LogP contribution is 2.10. The maximum atomic E-state index is 5.42. The first-order chi connectivity index (χ1) is 6.33. The van der Waals surface area contributed by atoms with Crippen LogP contribution in [0.15, 0.2) is 22.8 Å². The van der Waals surface area contributed by atoms with Crippen molar-refractivity contribution in [2.24, 2.45) is 0 Å². The third-order valence-corrected chi connectivity index (χ3v) is 1.56. The summed E-state index contributed by atoms with van der Waals surface area (Å²) in [5.41, 5.74) is 0. The maximum Gasteiger partial charge on any atom is 0.284 e. The quantitative estimate of drug-likeness (QED) is 0.680. The lowest BCUT2D eigenvalue weighted by Crippen LogP contribution is -2.18. The molecular formula is C10H16O3. The average molecular weight is 184 g/mol. The van der Waals surface area contributed by atoms with Crippen LogP contribution < -0.4 is 4.74 Å². The van der Waals surface area contributed by atoms with Crippen LogP contribution in [0, 0.1) is 0 Å². The smallest absolute Gasteiger partial charge is 0.284 e. The van der Waals surface area contributed by atoms with E-state index in [1.54, 1.807) is 18.4 Å². The molecule has 0 N–H and O–H groups in total. The highest BCUT2D eigenvalue weighted by atomic mass is 16.6. The third-order valence-electron chi connectivity index (χ3n) is 1.56. The van der Waals surface area contributed by atoms with E-state index in [-0.39, 0.29) is 6.10 Å². The summed E-state index contributed by atoms with van der Waals surface area (Å²) in [7, 11) is 0. The zero-order valence-corrected chi connectivity index (χ0v) is 8.16. The van der Waals surface area contributed by atoms with Crippen LogP contribution in [0.4, 0.5) is 0 Å². The number of hydrogen-bond acceptors (Lipinski definition) is 3. The summed E-state index contributed by atoms with van der Waals surface area (Å²) < 4.78 is 15.7. The molecule has 0 radical (unpaired) electrons. The Morgan fingerprint density at radius 1 is 1.54 bits per heavy atom. The van der Waals surface area contributed by atoms with Crippen LogP contribution >= 0.6 is 0 Å². The Labute approximate surface area is 78.6 Å². The van der Waals surface area contributed by atoms with E-state index < -0.39 is 0 Å². The molecule has 74 valence electrons. The number of furan rings is 1. The fourth-order valence-electron chi connectivity index (χ4n) is 0.912. The molecule has 0 spiro atoms. The zero-order valence-electron chi connectivity index (χ0n) is 8.16. The summed E-state index contributed by atoms with van der Waals surface area (Å²) >= 11 is 0. The van der Waals surface area contributed by atoms with E-state index in [1.165, 1.54) is 0 Å². The minimum atomic E-state index is 0.116. The molecule has 0 aliphatic heterocycles. The van der Waals surface area contributed by atoms with Gasteiger partial charge in [-0.3, -0.25) is 0 Å². The van der Waals surface area contributed by atoms with Gasteiger partial charge in [0.15, 0.2) is 0 Å². The van der Waals surface area contributed by atoms with E-state index >= 15 is 0 Å². The van der Waals surface area contributed by atoms with Crippen LogP contribution in [-0.2, 0) is 4.74 Å². The lowest BCUT2D eigenvalue weighted by Gasteiger charge is -2.11. The first kappa shape index (κ1) is 10.1. The van der Waals surface area contributed by atoms with Gasteiger partial charge in [0, 0.05) is 12.7 Å². The van der Waals surface area contributed by atoms with Crippen molar-refractivity contribution in [1.82, 2.24) is 0 Å². The van der Waals surface area contributed by atoms with E-state index in [0.29, 0.717) is 12.6 Å². The summed E-state index contributed by atoms with van der Waals surface area (Å²) in [4.78, 5) is 0. The van der Waals surface area contributed by atoms with Gasteiger partial charge in [-0.1, -0.05) is 6.92 Å². The van der Waals surface area contributed by atoms with Gasteiger partial charge in [-0.15, -0.1) is 0 Å². The Bertz CT molecular complexity index is 206. The second-order valence-corrected chi connectivity index (χ2v) is 2.92. The Hall–Kier alpha value is -0.960. The Balaban J connectivity index is 2.11. The summed E-state index contributed by atoms with van der Waals surface area (Å²) in [6, 6.07) is 3.58. The fraction of sp³-hybridized carbons (Fsp3) is 0.600. The normalized spacial score (nSPS) is 12.8. The number of ether oxygens (including phenoxy) is 2. The molecule has 1 heterocycles. The van der Waals surface area contributed by atoms with E-state index in [4.69, 9.17) is 13.9 Å². The van der Waals surface area contributed by atoms with E-state index in [2.05, 4.69) is 6.92 Å². The molecule has 0 saturated carbocycles. The van der Waals surface area contributed by atoms with Crippen LogP contribution in [0.2, 0.25) is 0 Å². The third kappa shape index (κ3) is 3.99. The second-order valence-electron chi connectivity index (χ2n) is 2.92. The van der Waals surface area contributed by atoms with Crippen LogP contribution in [-0.4, -0.2) is 19.3 Å². The van der Waals surface area contributed by atoms with E-state index in [0.717, 1.165) is 13.0 Å². The topological polar surface area (TPSA) is 31.6 Å². The van der Waals surface area contributed by atoms with E-state index in [1.807, 2.05) is 6.92 Å². The van der Waals surface area contributed by atoms with Gasteiger partial charge in [0.2, 0.25) is 0 Å². The fourth-order valence-corrected chi connectivity index (χ4v) is 0.912. The highest BCUT2D eigenvalue weighted by Gasteiger charge is 2.03. The molecule has 3 nitrogen and oxygen atoms in total. The van der Waals surface area contributed by atoms with E-state index in [9.17, 15) is 0 Å². The first-order valence-electron chi connectivity index (χ1n) is 4.61. The number of rotatable bonds is 6. The largest absolute Gasteiger partial charge is 0.462 e. The van der Waals surface area contributed by atoms with Crippen molar-refractivity contribution in [3.63, 3.8) is 0 Å². The molecule has 0 fully saturated rings.